The summed E-state index contributed by atoms with van der Waals surface area (Å²) in [5, 5.41) is 0.415. The van der Waals surface area contributed by atoms with Gasteiger partial charge < -0.3 is 4.42 Å². The molecule has 0 unspecified atom stereocenters. The Morgan fingerprint density at radius 3 is 2.68 bits per heavy atom. The zero-order valence-electron chi connectivity index (χ0n) is 9.68. The Morgan fingerprint density at radius 1 is 1.26 bits per heavy atom. The van der Waals surface area contributed by atoms with Gasteiger partial charge in [0.05, 0.1) is 15.4 Å². The molecular weight excluding hydrogens is 323 g/mol. The molecule has 0 saturated carbocycles. The van der Waals surface area contributed by atoms with Crippen molar-refractivity contribution in [3.8, 4) is 0 Å². The normalized spacial score (nSPS) is 12.5. The number of nitrogens with zero attached hydrogens (tertiary/aromatic N) is 1. The Labute approximate surface area is 114 Å². The first kappa shape index (κ1) is 12.5. The summed E-state index contributed by atoms with van der Waals surface area (Å²) in [4.78, 5) is 4.04. The van der Waals surface area contributed by atoms with E-state index in [0.29, 0.717) is 15.4 Å². The van der Waals surface area contributed by atoms with Crippen molar-refractivity contribution in [1.82, 2.24) is 4.98 Å². The largest absolute Gasteiger partial charge is 0.436 e. The molecule has 0 fully saturated rings. The highest BCUT2D eigenvalue weighted by atomic mass is 79.9. The van der Waals surface area contributed by atoms with Crippen LogP contribution in [-0.4, -0.2) is 4.98 Å². The van der Waals surface area contributed by atoms with Crippen LogP contribution in [0.25, 0.3) is 22.1 Å². The number of benzene rings is 1. The molecule has 98 valence electrons. The molecule has 2 nitrogen and oxygen atoms in total. The van der Waals surface area contributed by atoms with Gasteiger partial charge >= 0.3 is 6.18 Å². The van der Waals surface area contributed by atoms with Gasteiger partial charge in [0.25, 0.3) is 0 Å². The number of furan rings is 1. The van der Waals surface area contributed by atoms with Gasteiger partial charge in [-0.15, -0.1) is 0 Å². The van der Waals surface area contributed by atoms with E-state index in [2.05, 4.69) is 20.9 Å². The van der Waals surface area contributed by atoms with Crippen molar-refractivity contribution >= 4 is 38.0 Å². The molecule has 2 aromatic heterocycles. The van der Waals surface area contributed by atoms with Crippen molar-refractivity contribution in [2.45, 2.75) is 13.1 Å². The second kappa shape index (κ2) is 3.96. The predicted molar refractivity (Wildman–Crippen MR) is 69.0 cm³/mol. The van der Waals surface area contributed by atoms with Crippen LogP contribution in [0.4, 0.5) is 13.2 Å². The summed E-state index contributed by atoms with van der Waals surface area (Å²) in [6.45, 7) is 1.51. The summed E-state index contributed by atoms with van der Waals surface area (Å²) >= 11 is 3.27. The highest BCUT2D eigenvalue weighted by Gasteiger charge is 2.35. The number of hydrogen-bond donors (Lipinski definition) is 0. The highest BCUT2D eigenvalue weighted by Crippen LogP contribution is 2.40. The number of fused-ring (bicyclic) bond motifs is 3. The van der Waals surface area contributed by atoms with Crippen LogP contribution in [0.5, 0.6) is 0 Å². The van der Waals surface area contributed by atoms with Crippen molar-refractivity contribution in [3.63, 3.8) is 0 Å². The van der Waals surface area contributed by atoms with E-state index < -0.39 is 11.7 Å². The molecule has 3 aromatic rings. The summed E-state index contributed by atoms with van der Waals surface area (Å²) in [6.07, 6.45) is -4.44. The average molecular weight is 330 g/mol. The minimum atomic E-state index is -4.44. The fourth-order valence-corrected chi connectivity index (χ4v) is 2.56. The number of hydrogen-bond acceptors (Lipinski definition) is 2. The third kappa shape index (κ3) is 1.90. The van der Waals surface area contributed by atoms with Crippen LogP contribution in [0.1, 0.15) is 11.3 Å². The number of aryl methyl sites for hydroxylation is 1. The molecule has 0 radical (unpaired) electrons. The molecule has 6 heteroatoms. The topological polar surface area (TPSA) is 26.0 Å². The molecule has 0 aliphatic carbocycles. The fourth-order valence-electron chi connectivity index (χ4n) is 2.11. The number of halogens is 4. The van der Waals surface area contributed by atoms with Gasteiger partial charge in [0.15, 0.2) is 5.58 Å². The maximum atomic E-state index is 13.1. The van der Waals surface area contributed by atoms with E-state index in [1.807, 2.05) is 0 Å². The summed E-state index contributed by atoms with van der Waals surface area (Å²) < 4.78 is 45.4. The quantitative estimate of drug-likeness (QED) is 0.575. The number of aromatic nitrogens is 1. The smallest absolute Gasteiger partial charge is 0.417 e. The summed E-state index contributed by atoms with van der Waals surface area (Å²) in [7, 11) is 0. The van der Waals surface area contributed by atoms with E-state index in [0.717, 1.165) is 6.07 Å². The van der Waals surface area contributed by atoms with E-state index in [9.17, 15) is 13.2 Å². The van der Waals surface area contributed by atoms with Gasteiger partial charge in [0.2, 0.25) is 5.71 Å². The second-order valence-corrected chi connectivity index (χ2v) is 5.06. The zero-order chi connectivity index (χ0) is 13.8. The van der Waals surface area contributed by atoms with E-state index in [1.165, 1.54) is 6.92 Å². The van der Waals surface area contributed by atoms with Crippen LogP contribution in [-0.2, 0) is 6.18 Å². The Kier molecular flexibility index (Phi) is 2.60. The number of pyridine rings is 1. The third-order valence-corrected chi connectivity index (χ3v) is 3.48. The third-order valence-electron chi connectivity index (χ3n) is 2.85. The van der Waals surface area contributed by atoms with Crippen LogP contribution in [0, 0.1) is 6.92 Å². The molecule has 0 spiro atoms. The zero-order valence-corrected chi connectivity index (χ0v) is 11.3. The maximum Gasteiger partial charge on any atom is 0.417 e. The summed E-state index contributed by atoms with van der Waals surface area (Å²) in [6, 6.07) is 6.02. The average Bonchev–Trinajstić information content (AvgIpc) is 2.66. The first-order valence-electron chi connectivity index (χ1n) is 5.43. The van der Waals surface area contributed by atoms with Gasteiger partial charge in [-0.3, -0.25) is 0 Å². The molecule has 3 rings (SSSR count). The van der Waals surface area contributed by atoms with E-state index >= 15 is 0 Å². The van der Waals surface area contributed by atoms with E-state index in [4.69, 9.17) is 4.42 Å². The molecule has 0 amide bonds. The molecule has 0 saturated heterocycles. The van der Waals surface area contributed by atoms with Gasteiger partial charge in [-0.25, -0.2) is 4.98 Å². The van der Waals surface area contributed by atoms with Crippen LogP contribution < -0.4 is 0 Å². The molecule has 0 bridgehead atoms. The van der Waals surface area contributed by atoms with Crippen LogP contribution >= 0.6 is 15.9 Å². The number of rotatable bonds is 0. The standard InChI is InChI=1S/C13H7BrF3NO/c1-6-5-8(13(15,16)17)10-7-3-2-4-9(14)11(7)19-12(10)18-6/h2-5H,1H3. The predicted octanol–water partition coefficient (Wildman–Crippen LogP) is 5.07. The Bertz CT molecular complexity index is 792. The lowest BCUT2D eigenvalue weighted by molar-refractivity contribution is -0.136. The van der Waals surface area contributed by atoms with Gasteiger partial charge in [-0.05, 0) is 35.0 Å². The van der Waals surface area contributed by atoms with E-state index in [-0.39, 0.29) is 16.8 Å². The molecule has 19 heavy (non-hydrogen) atoms. The van der Waals surface area contributed by atoms with Gasteiger partial charge in [0.1, 0.15) is 0 Å². The van der Waals surface area contributed by atoms with Crippen molar-refractivity contribution in [2.75, 3.05) is 0 Å². The number of alkyl halides is 3. The van der Waals surface area contributed by atoms with Crippen LogP contribution in [0.15, 0.2) is 33.2 Å². The molecular formula is C13H7BrF3NO. The van der Waals surface area contributed by atoms with Crippen LogP contribution in [0.2, 0.25) is 0 Å². The minimum Gasteiger partial charge on any atom is -0.436 e. The van der Waals surface area contributed by atoms with Gasteiger partial charge in [-0.2, -0.15) is 13.2 Å². The van der Waals surface area contributed by atoms with Crippen LogP contribution in [0.3, 0.4) is 0 Å². The maximum absolute atomic E-state index is 13.1. The van der Waals surface area contributed by atoms with Crippen molar-refractivity contribution in [3.05, 3.63) is 40.0 Å². The molecule has 2 heterocycles. The van der Waals surface area contributed by atoms with Crippen molar-refractivity contribution < 1.29 is 17.6 Å². The molecule has 1 aromatic carbocycles. The monoisotopic (exact) mass is 329 g/mol. The fraction of sp³-hybridized carbons (Fsp3) is 0.154. The lowest BCUT2D eigenvalue weighted by atomic mass is 10.1. The molecule has 0 atom stereocenters. The Hall–Kier alpha value is -1.56. The first-order valence-corrected chi connectivity index (χ1v) is 6.23. The lowest BCUT2D eigenvalue weighted by Crippen LogP contribution is -2.06. The lowest BCUT2D eigenvalue weighted by Gasteiger charge is -2.08. The highest BCUT2D eigenvalue weighted by molar-refractivity contribution is 9.10. The van der Waals surface area contributed by atoms with Crippen molar-refractivity contribution in [2.24, 2.45) is 0 Å². The second-order valence-electron chi connectivity index (χ2n) is 4.21. The first-order chi connectivity index (χ1) is 8.88. The Balaban J connectivity index is 2.56. The SMILES string of the molecule is Cc1cc(C(F)(F)F)c2c(n1)oc1c(Br)cccc12. The molecule has 0 N–H and O–H groups in total. The van der Waals surface area contributed by atoms with Gasteiger partial charge in [0, 0.05) is 11.1 Å². The van der Waals surface area contributed by atoms with E-state index in [1.54, 1.807) is 18.2 Å². The van der Waals surface area contributed by atoms with Gasteiger partial charge in [-0.1, -0.05) is 12.1 Å². The molecule has 0 aliphatic rings. The summed E-state index contributed by atoms with van der Waals surface area (Å²) in [5.74, 6) is 0. The minimum absolute atomic E-state index is 0.00854. The van der Waals surface area contributed by atoms with Crippen molar-refractivity contribution in [1.29, 1.82) is 0 Å². The number of para-hydroxylation sites is 1. The summed E-state index contributed by atoms with van der Waals surface area (Å²) in [5.41, 5.74) is -0.0582. The Morgan fingerprint density at radius 2 is 2.00 bits per heavy atom. The molecule has 0 aliphatic heterocycles.